The number of aliphatic hydroxyl groups excluding tert-OH is 1. The van der Waals surface area contributed by atoms with Crippen molar-refractivity contribution < 1.29 is 15.3 Å². The second-order valence-corrected chi connectivity index (χ2v) is 1.90. The second-order valence-electron chi connectivity index (χ2n) is 1.90. The van der Waals surface area contributed by atoms with Crippen LogP contribution in [-0.2, 0) is 4.89 Å². The van der Waals surface area contributed by atoms with Crippen molar-refractivity contribution >= 4 is 0 Å². The first-order valence-corrected chi connectivity index (χ1v) is 2.98. The lowest BCUT2D eigenvalue weighted by Gasteiger charge is -2.13. The summed E-state index contributed by atoms with van der Waals surface area (Å²) >= 11 is 0. The average molecular weight is 144 g/mol. The molecule has 0 bridgehead atoms. The van der Waals surface area contributed by atoms with Gasteiger partial charge in [0, 0.05) is 0 Å². The van der Waals surface area contributed by atoms with Gasteiger partial charge >= 0.3 is 0 Å². The van der Waals surface area contributed by atoms with E-state index in [4.69, 9.17) is 10.4 Å². The molecule has 0 unspecified atom stereocenters. The zero-order chi connectivity index (χ0) is 7.98. The third-order valence-corrected chi connectivity index (χ3v) is 1.14. The van der Waals surface area contributed by atoms with Crippen LogP contribution in [0.25, 0.3) is 0 Å². The van der Waals surface area contributed by atoms with E-state index in [2.05, 4.69) is 18.0 Å². The molecule has 0 aliphatic rings. The standard InChI is InChI=1S/C7H12O3/c1-3-5-6(8)7(4-2)10-9/h3-4,6-9H,1-2,5H2/t6-,7+/m0/s1. The largest absolute Gasteiger partial charge is 0.390 e. The molecule has 58 valence electrons. The van der Waals surface area contributed by atoms with E-state index < -0.39 is 12.2 Å². The molecule has 0 aromatic rings. The van der Waals surface area contributed by atoms with Gasteiger partial charge in [-0.2, -0.15) is 0 Å². The molecule has 0 aromatic heterocycles. The lowest BCUT2D eigenvalue weighted by atomic mass is 10.1. The van der Waals surface area contributed by atoms with Gasteiger partial charge in [0.25, 0.3) is 0 Å². The lowest BCUT2D eigenvalue weighted by Crippen LogP contribution is -2.25. The molecule has 0 heterocycles. The summed E-state index contributed by atoms with van der Waals surface area (Å²) in [5.74, 6) is 0. The van der Waals surface area contributed by atoms with Gasteiger partial charge in [0.05, 0.1) is 6.10 Å². The van der Waals surface area contributed by atoms with Gasteiger partial charge in [-0.25, -0.2) is 4.89 Å². The molecule has 0 saturated heterocycles. The molecule has 3 heteroatoms. The summed E-state index contributed by atoms with van der Waals surface area (Å²) in [4.78, 5) is 3.90. The van der Waals surface area contributed by atoms with Crippen molar-refractivity contribution in [2.75, 3.05) is 0 Å². The van der Waals surface area contributed by atoms with Crippen LogP contribution < -0.4 is 0 Å². The fourth-order valence-corrected chi connectivity index (χ4v) is 0.575. The normalized spacial score (nSPS) is 15.8. The maximum atomic E-state index is 9.08. The first kappa shape index (κ1) is 9.36. The topological polar surface area (TPSA) is 49.7 Å². The molecule has 0 fully saturated rings. The van der Waals surface area contributed by atoms with E-state index in [0.717, 1.165) is 0 Å². The van der Waals surface area contributed by atoms with Crippen LogP contribution in [0.4, 0.5) is 0 Å². The summed E-state index contributed by atoms with van der Waals surface area (Å²) in [5.41, 5.74) is 0. The smallest absolute Gasteiger partial charge is 0.137 e. The Kier molecular flexibility index (Phi) is 4.84. The summed E-state index contributed by atoms with van der Waals surface area (Å²) in [5, 5.41) is 17.2. The van der Waals surface area contributed by atoms with Gasteiger partial charge in [-0.1, -0.05) is 12.2 Å². The van der Waals surface area contributed by atoms with Gasteiger partial charge in [-0.05, 0) is 6.42 Å². The fraction of sp³-hybridized carbons (Fsp3) is 0.429. The van der Waals surface area contributed by atoms with Crippen LogP contribution in [0.2, 0.25) is 0 Å². The monoisotopic (exact) mass is 144 g/mol. The highest BCUT2D eigenvalue weighted by Gasteiger charge is 2.13. The Morgan fingerprint density at radius 1 is 1.50 bits per heavy atom. The summed E-state index contributed by atoms with van der Waals surface area (Å²) in [6.45, 7) is 6.78. The Morgan fingerprint density at radius 3 is 2.40 bits per heavy atom. The van der Waals surface area contributed by atoms with Crippen LogP contribution in [0, 0.1) is 0 Å². The number of hydrogen-bond acceptors (Lipinski definition) is 3. The highest BCUT2D eigenvalue weighted by molar-refractivity contribution is 4.88. The van der Waals surface area contributed by atoms with Crippen LogP contribution >= 0.6 is 0 Å². The average Bonchev–Trinajstić information content (AvgIpc) is 1.91. The first-order valence-electron chi connectivity index (χ1n) is 2.98. The van der Waals surface area contributed by atoms with E-state index in [9.17, 15) is 0 Å². The Labute approximate surface area is 60.2 Å². The predicted octanol–water partition coefficient (Wildman–Crippen LogP) is 0.968. The van der Waals surface area contributed by atoms with Crippen LogP contribution in [0.5, 0.6) is 0 Å². The third-order valence-electron chi connectivity index (χ3n) is 1.14. The Balaban J connectivity index is 3.74. The van der Waals surface area contributed by atoms with E-state index in [0.29, 0.717) is 6.42 Å². The van der Waals surface area contributed by atoms with E-state index in [1.54, 1.807) is 6.08 Å². The van der Waals surface area contributed by atoms with Crippen molar-refractivity contribution in [3.63, 3.8) is 0 Å². The molecule has 0 saturated carbocycles. The minimum Gasteiger partial charge on any atom is -0.390 e. The molecule has 0 aromatic carbocycles. The first-order chi connectivity index (χ1) is 4.76. The number of aliphatic hydroxyl groups is 1. The molecule has 2 atom stereocenters. The molecule has 0 amide bonds. The summed E-state index contributed by atoms with van der Waals surface area (Å²) in [6.07, 6.45) is 1.75. The van der Waals surface area contributed by atoms with Crippen molar-refractivity contribution in [1.82, 2.24) is 0 Å². The molecule has 0 aliphatic carbocycles. The highest BCUT2D eigenvalue weighted by atomic mass is 17.1. The van der Waals surface area contributed by atoms with E-state index in [1.165, 1.54) is 6.08 Å². The van der Waals surface area contributed by atoms with Crippen LogP contribution in [0.15, 0.2) is 25.3 Å². The minimum atomic E-state index is -0.764. The van der Waals surface area contributed by atoms with Crippen LogP contribution in [0.3, 0.4) is 0 Å². The molecule has 2 N–H and O–H groups in total. The van der Waals surface area contributed by atoms with Crippen molar-refractivity contribution in [2.45, 2.75) is 18.6 Å². The molecule has 0 spiro atoms. The third kappa shape index (κ3) is 2.77. The van der Waals surface area contributed by atoms with E-state index in [1.807, 2.05) is 0 Å². The zero-order valence-electron chi connectivity index (χ0n) is 5.73. The van der Waals surface area contributed by atoms with Crippen LogP contribution in [0.1, 0.15) is 6.42 Å². The maximum Gasteiger partial charge on any atom is 0.137 e. The highest BCUT2D eigenvalue weighted by Crippen LogP contribution is 2.03. The van der Waals surface area contributed by atoms with E-state index in [-0.39, 0.29) is 0 Å². The minimum absolute atomic E-state index is 0.372. The van der Waals surface area contributed by atoms with Gasteiger partial charge in [0.1, 0.15) is 6.10 Å². The van der Waals surface area contributed by atoms with Crippen molar-refractivity contribution in [3.05, 3.63) is 25.3 Å². The molecule has 0 radical (unpaired) electrons. The molecule has 0 aliphatic heterocycles. The van der Waals surface area contributed by atoms with Crippen LogP contribution in [-0.4, -0.2) is 22.6 Å². The van der Waals surface area contributed by atoms with Gasteiger partial charge < -0.3 is 5.11 Å². The van der Waals surface area contributed by atoms with Gasteiger partial charge in [0.2, 0.25) is 0 Å². The molecular formula is C7H12O3. The summed E-state index contributed by atoms with van der Waals surface area (Å²) in [7, 11) is 0. The summed E-state index contributed by atoms with van der Waals surface area (Å²) < 4.78 is 0. The molecule has 10 heavy (non-hydrogen) atoms. The van der Waals surface area contributed by atoms with Crippen molar-refractivity contribution in [1.29, 1.82) is 0 Å². The quantitative estimate of drug-likeness (QED) is 0.343. The van der Waals surface area contributed by atoms with Crippen molar-refractivity contribution in [3.8, 4) is 0 Å². The number of rotatable bonds is 5. The SMILES string of the molecule is C=CC[C@H](O)[C@@H](C=C)OO. The fourth-order valence-electron chi connectivity index (χ4n) is 0.575. The van der Waals surface area contributed by atoms with Gasteiger partial charge in [-0.3, -0.25) is 5.26 Å². The Morgan fingerprint density at radius 2 is 2.10 bits per heavy atom. The molecule has 3 nitrogen and oxygen atoms in total. The van der Waals surface area contributed by atoms with Gasteiger partial charge in [-0.15, -0.1) is 13.2 Å². The lowest BCUT2D eigenvalue weighted by molar-refractivity contribution is -0.282. The predicted molar refractivity (Wildman–Crippen MR) is 38.5 cm³/mol. The molecule has 0 rings (SSSR count). The molecular weight excluding hydrogens is 132 g/mol. The van der Waals surface area contributed by atoms with Crippen molar-refractivity contribution in [2.24, 2.45) is 0 Å². The summed E-state index contributed by atoms with van der Waals surface area (Å²) in [6, 6.07) is 0. The van der Waals surface area contributed by atoms with E-state index >= 15 is 0 Å². The van der Waals surface area contributed by atoms with Gasteiger partial charge in [0.15, 0.2) is 0 Å². The number of hydrogen-bond donors (Lipinski definition) is 2. The maximum absolute atomic E-state index is 9.08. The second kappa shape index (κ2) is 5.17. The zero-order valence-corrected chi connectivity index (χ0v) is 5.73. The Bertz CT molecular complexity index is 111. The Hall–Kier alpha value is -0.640.